The summed E-state index contributed by atoms with van der Waals surface area (Å²) >= 11 is 0. The van der Waals surface area contributed by atoms with Gasteiger partial charge in [0.1, 0.15) is 0 Å². The fraction of sp³-hybridized carbons (Fsp3) is 0.667. The normalized spacial score (nSPS) is 23.7. The zero-order valence-electron chi connectivity index (χ0n) is 11.6. The molecule has 104 valence electrons. The van der Waals surface area contributed by atoms with Gasteiger partial charge in [-0.15, -0.1) is 0 Å². The zero-order chi connectivity index (χ0) is 13.2. The van der Waals surface area contributed by atoms with E-state index in [2.05, 4.69) is 40.2 Å². The number of fused-ring (bicyclic) bond motifs is 1. The third-order valence-electron chi connectivity index (χ3n) is 4.14. The van der Waals surface area contributed by atoms with Gasteiger partial charge in [0.2, 0.25) is 5.91 Å². The summed E-state index contributed by atoms with van der Waals surface area (Å²) in [5.41, 5.74) is 1.35. The van der Waals surface area contributed by atoms with Crippen molar-refractivity contribution in [2.75, 3.05) is 20.1 Å². The Bertz CT molecular complexity index is 450. The van der Waals surface area contributed by atoms with E-state index in [1.165, 1.54) is 18.5 Å². The lowest BCUT2D eigenvalue weighted by molar-refractivity contribution is -0.122. The van der Waals surface area contributed by atoms with Crippen molar-refractivity contribution in [3.05, 3.63) is 24.0 Å². The Morgan fingerprint density at radius 2 is 2.21 bits per heavy atom. The Hall–Kier alpha value is -1.29. The highest BCUT2D eigenvalue weighted by atomic mass is 16.1. The van der Waals surface area contributed by atoms with E-state index in [9.17, 15) is 4.79 Å². The van der Waals surface area contributed by atoms with Crippen molar-refractivity contribution in [2.45, 2.75) is 32.4 Å². The van der Waals surface area contributed by atoms with Crippen molar-refractivity contribution in [2.24, 2.45) is 11.8 Å². The number of amides is 1. The van der Waals surface area contributed by atoms with E-state index in [1.807, 2.05) is 0 Å². The molecule has 1 aliphatic heterocycles. The molecule has 1 fully saturated rings. The summed E-state index contributed by atoms with van der Waals surface area (Å²) in [4.78, 5) is 14.3. The summed E-state index contributed by atoms with van der Waals surface area (Å²) in [5.74, 6) is 1.40. The van der Waals surface area contributed by atoms with Crippen molar-refractivity contribution >= 4 is 5.91 Å². The average Bonchev–Trinajstić information content (AvgIpc) is 3.11. The first kappa shape index (κ1) is 12.7. The smallest absolute Gasteiger partial charge is 0.220 e. The number of nitrogens with one attached hydrogen (secondary N) is 1. The predicted molar refractivity (Wildman–Crippen MR) is 74.6 cm³/mol. The molecule has 1 N–H and O–H groups in total. The van der Waals surface area contributed by atoms with Crippen LogP contribution in [-0.4, -0.2) is 35.5 Å². The van der Waals surface area contributed by atoms with Crippen molar-refractivity contribution in [1.82, 2.24) is 14.8 Å². The molecule has 1 aliphatic carbocycles. The van der Waals surface area contributed by atoms with Crippen molar-refractivity contribution in [3.8, 4) is 0 Å². The van der Waals surface area contributed by atoms with Gasteiger partial charge in [0.15, 0.2) is 0 Å². The van der Waals surface area contributed by atoms with E-state index in [-0.39, 0.29) is 5.91 Å². The largest absolute Gasteiger partial charge is 0.356 e. The summed E-state index contributed by atoms with van der Waals surface area (Å²) in [6, 6.07) is 4.27. The van der Waals surface area contributed by atoms with Crippen LogP contribution in [0.4, 0.5) is 0 Å². The summed E-state index contributed by atoms with van der Waals surface area (Å²) in [5, 5.41) is 3.08. The van der Waals surface area contributed by atoms with Gasteiger partial charge in [0.05, 0.1) is 0 Å². The minimum atomic E-state index is 0.223. The van der Waals surface area contributed by atoms with Crippen LogP contribution in [0.2, 0.25) is 0 Å². The summed E-state index contributed by atoms with van der Waals surface area (Å²) in [6.07, 6.45) is 5.36. The van der Waals surface area contributed by atoms with Crippen molar-refractivity contribution < 1.29 is 4.79 Å². The van der Waals surface area contributed by atoms with Crippen LogP contribution >= 0.6 is 0 Å². The lowest BCUT2D eigenvalue weighted by Gasteiger charge is -2.19. The van der Waals surface area contributed by atoms with Gasteiger partial charge in [-0.05, 0) is 43.9 Å². The zero-order valence-corrected chi connectivity index (χ0v) is 11.6. The highest BCUT2D eigenvalue weighted by Gasteiger charge is 2.24. The van der Waals surface area contributed by atoms with Crippen LogP contribution in [0, 0.1) is 11.8 Å². The summed E-state index contributed by atoms with van der Waals surface area (Å²) in [6.45, 7) is 3.82. The Morgan fingerprint density at radius 1 is 1.37 bits per heavy atom. The van der Waals surface area contributed by atoms with Crippen LogP contribution < -0.4 is 5.32 Å². The predicted octanol–water partition coefficient (Wildman–Crippen LogP) is 1.47. The maximum absolute atomic E-state index is 12.0. The van der Waals surface area contributed by atoms with E-state index in [0.717, 1.165) is 32.1 Å². The Balaban J connectivity index is 1.56. The Kier molecular flexibility index (Phi) is 3.60. The molecule has 0 spiro atoms. The number of hydrogen-bond donors (Lipinski definition) is 1. The Morgan fingerprint density at radius 3 is 3.00 bits per heavy atom. The van der Waals surface area contributed by atoms with Crippen LogP contribution in [0.1, 0.15) is 25.0 Å². The lowest BCUT2D eigenvalue weighted by Crippen LogP contribution is -2.32. The van der Waals surface area contributed by atoms with Gasteiger partial charge in [0, 0.05) is 44.5 Å². The van der Waals surface area contributed by atoms with Crippen LogP contribution in [-0.2, 0) is 17.9 Å². The third-order valence-corrected chi connectivity index (χ3v) is 4.14. The van der Waals surface area contributed by atoms with Crippen molar-refractivity contribution in [3.63, 3.8) is 0 Å². The molecule has 3 rings (SSSR count). The number of nitrogens with zero attached hydrogens (tertiary/aromatic N) is 2. The van der Waals surface area contributed by atoms with Crippen LogP contribution in [0.15, 0.2) is 18.3 Å². The number of carbonyl (C=O) groups is 1. The molecule has 1 atom stereocenters. The summed E-state index contributed by atoms with van der Waals surface area (Å²) < 4.78 is 2.29. The molecule has 1 saturated carbocycles. The fourth-order valence-electron chi connectivity index (χ4n) is 2.93. The van der Waals surface area contributed by atoms with E-state index >= 15 is 0 Å². The minimum absolute atomic E-state index is 0.223. The summed E-state index contributed by atoms with van der Waals surface area (Å²) in [7, 11) is 2.14. The maximum Gasteiger partial charge on any atom is 0.220 e. The van der Waals surface area contributed by atoms with Crippen LogP contribution in [0.25, 0.3) is 0 Å². The number of rotatable bonds is 4. The molecule has 1 amide bonds. The Labute approximate surface area is 114 Å². The molecule has 0 bridgehead atoms. The number of hydrogen-bond acceptors (Lipinski definition) is 2. The topological polar surface area (TPSA) is 37.3 Å². The quantitative estimate of drug-likeness (QED) is 0.891. The molecule has 0 aromatic carbocycles. The molecular formula is C15H23N3O. The van der Waals surface area contributed by atoms with E-state index < -0.39 is 0 Å². The molecule has 19 heavy (non-hydrogen) atoms. The number of aromatic nitrogens is 1. The molecule has 0 radical (unpaired) electrons. The molecule has 4 nitrogen and oxygen atoms in total. The minimum Gasteiger partial charge on any atom is -0.356 e. The van der Waals surface area contributed by atoms with E-state index in [1.54, 1.807) is 0 Å². The molecule has 0 unspecified atom stereocenters. The van der Waals surface area contributed by atoms with Crippen LogP contribution in [0.5, 0.6) is 0 Å². The van der Waals surface area contributed by atoms with Gasteiger partial charge in [-0.25, -0.2) is 0 Å². The third kappa shape index (κ3) is 3.38. The van der Waals surface area contributed by atoms with Gasteiger partial charge in [-0.1, -0.05) is 0 Å². The van der Waals surface area contributed by atoms with E-state index in [4.69, 9.17) is 0 Å². The molecule has 0 saturated heterocycles. The van der Waals surface area contributed by atoms with Gasteiger partial charge in [-0.3, -0.25) is 4.79 Å². The first-order chi connectivity index (χ1) is 9.20. The maximum atomic E-state index is 12.0. The second-order valence-corrected chi connectivity index (χ2v) is 6.17. The molecule has 4 heteroatoms. The second kappa shape index (κ2) is 5.37. The van der Waals surface area contributed by atoms with Crippen molar-refractivity contribution in [1.29, 1.82) is 0 Å². The van der Waals surface area contributed by atoms with Gasteiger partial charge < -0.3 is 14.8 Å². The second-order valence-electron chi connectivity index (χ2n) is 6.17. The van der Waals surface area contributed by atoms with Crippen LogP contribution in [0.3, 0.4) is 0 Å². The monoisotopic (exact) mass is 261 g/mol. The van der Waals surface area contributed by atoms with E-state index in [0.29, 0.717) is 12.3 Å². The standard InChI is InChI=1S/C15H23N3O/c1-17-9-13(7-15(19)16-8-12-4-5-12)10-18-6-2-3-14(18)11-17/h2-3,6,12-13H,4-5,7-11H2,1H3,(H,16,19)/t13-/m0/s1. The molecular weight excluding hydrogens is 238 g/mol. The lowest BCUT2D eigenvalue weighted by atomic mass is 10.0. The SMILES string of the molecule is CN1Cc2cccn2C[C@@H](CC(=O)NCC2CC2)C1. The molecule has 2 aliphatic rings. The van der Waals surface area contributed by atoms with Gasteiger partial charge in [0.25, 0.3) is 0 Å². The molecule has 1 aromatic heterocycles. The molecule has 1 aromatic rings. The first-order valence-corrected chi connectivity index (χ1v) is 7.30. The first-order valence-electron chi connectivity index (χ1n) is 7.30. The van der Waals surface area contributed by atoms with Gasteiger partial charge in [-0.2, -0.15) is 0 Å². The average molecular weight is 261 g/mol. The highest BCUT2D eigenvalue weighted by Crippen LogP contribution is 2.27. The highest BCUT2D eigenvalue weighted by molar-refractivity contribution is 5.76. The number of carbonyl (C=O) groups excluding carboxylic acids is 1. The fourth-order valence-corrected chi connectivity index (χ4v) is 2.93. The van der Waals surface area contributed by atoms with Gasteiger partial charge >= 0.3 is 0 Å². The molecule has 2 heterocycles.